The number of nitrogens with zero attached hydrogens (tertiary/aromatic N) is 2. The molecule has 102 valence electrons. The molecule has 10 heteroatoms. The summed E-state index contributed by atoms with van der Waals surface area (Å²) >= 11 is 9.99. The molecule has 0 unspecified atom stereocenters. The molecule has 3 rings (SSSR count). The molecule has 0 atom stereocenters. The van der Waals surface area contributed by atoms with Crippen LogP contribution < -0.4 is 4.72 Å². The quantitative estimate of drug-likeness (QED) is 0.874. The third-order valence-corrected chi connectivity index (χ3v) is 6.74. The Morgan fingerprint density at radius 3 is 2.79 bits per heavy atom. The molecular weight excluding hydrogens is 378 g/mol. The summed E-state index contributed by atoms with van der Waals surface area (Å²) in [7, 11) is -3.75. The maximum atomic E-state index is 12.1. The number of nitrogens with one attached hydrogen (secondary N) is 1. The summed E-state index contributed by atoms with van der Waals surface area (Å²) in [5.41, 5.74) is 0. The van der Waals surface area contributed by atoms with Crippen molar-refractivity contribution in [1.82, 2.24) is 10.2 Å². The Labute approximate surface area is 126 Å². The fourth-order valence-corrected chi connectivity index (χ4v) is 4.72. The van der Waals surface area contributed by atoms with Gasteiger partial charge in [-0.25, -0.2) is 13.1 Å². The number of aromatic nitrogens is 2. The van der Waals surface area contributed by atoms with Crippen LogP contribution in [0, 0.1) is 0 Å². The molecule has 19 heavy (non-hydrogen) atoms. The summed E-state index contributed by atoms with van der Waals surface area (Å²) in [6.07, 6.45) is 2.00. The number of hydrogen-bond acceptors (Lipinski definition) is 6. The lowest BCUT2D eigenvalue weighted by molar-refractivity contribution is 0.511. The molecule has 1 fully saturated rings. The van der Waals surface area contributed by atoms with E-state index in [0.717, 1.165) is 24.2 Å². The fraction of sp³-hybridized carbons (Fsp3) is 0.333. The minimum absolute atomic E-state index is 0.0792. The minimum atomic E-state index is -3.75. The monoisotopic (exact) mass is 383 g/mol. The topological polar surface area (TPSA) is 85.1 Å². The molecule has 2 aromatic rings. The van der Waals surface area contributed by atoms with Crippen molar-refractivity contribution in [3.8, 4) is 0 Å². The van der Waals surface area contributed by atoms with E-state index in [9.17, 15) is 8.42 Å². The number of thiophene rings is 1. The Morgan fingerprint density at radius 2 is 2.21 bits per heavy atom. The fourth-order valence-electron chi connectivity index (χ4n) is 1.40. The van der Waals surface area contributed by atoms with Gasteiger partial charge < -0.3 is 4.42 Å². The van der Waals surface area contributed by atoms with Crippen LogP contribution in [-0.2, 0) is 10.0 Å². The summed E-state index contributed by atoms with van der Waals surface area (Å²) in [5, 5.41) is 7.82. The van der Waals surface area contributed by atoms with Crippen LogP contribution in [0.25, 0.3) is 0 Å². The number of halogens is 2. The van der Waals surface area contributed by atoms with Crippen LogP contribution >= 0.6 is 38.9 Å². The molecule has 1 aliphatic rings. The van der Waals surface area contributed by atoms with Crippen LogP contribution in [-0.4, -0.2) is 18.6 Å². The first-order chi connectivity index (χ1) is 8.95. The highest BCUT2D eigenvalue weighted by atomic mass is 79.9. The van der Waals surface area contributed by atoms with Gasteiger partial charge in [0.2, 0.25) is 5.89 Å². The summed E-state index contributed by atoms with van der Waals surface area (Å²) in [6, 6.07) is 1.24. The molecule has 0 amide bonds. The van der Waals surface area contributed by atoms with Crippen molar-refractivity contribution < 1.29 is 12.8 Å². The van der Waals surface area contributed by atoms with Crippen LogP contribution in [0.4, 0.5) is 6.01 Å². The number of rotatable bonds is 4. The van der Waals surface area contributed by atoms with Crippen molar-refractivity contribution in [3.63, 3.8) is 0 Å². The van der Waals surface area contributed by atoms with E-state index in [4.69, 9.17) is 16.0 Å². The Hall–Kier alpha value is -0.640. The number of sulfonamides is 1. The first kappa shape index (κ1) is 13.3. The summed E-state index contributed by atoms with van der Waals surface area (Å²) in [4.78, 5) is 0. The Morgan fingerprint density at radius 1 is 1.47 bits per heavy atom. The van der Waals surface area contributed by atoms with Crippen molar-refractivity contribution in [2.75, 3.05) is 4.72 Å². The van der Waals surface area contributed by atoms with Gasteiger partial charge in [0.25, 0.3) is 10.0 Å². The van der Waals surface area contributed by atoms with Crippen molar-refractivity contribution in [2.45, 2.75) is 23.0 Å². The van der Waals surface area contributed by atoms with E-state index >= 15 is 0 Å². The van der Waals surface area contributed by atoms with Crippen molar-refractivity contribution in [2.24, 2.45) is 0 Å². The molecule has 2 aromatic heterocycles. The Bertz CT molecular complexity index is 703. The molecular formula is C9H7BrClN3O3S2. The van der Waals surface area contributed by atoms with E-state index in [0.29, 0.717) is 14.7 Å². The molecule has 0 radical (unpaired) electrons. The SMILES string of the molecule is O=S(=O)(Nc1nnc(C2CC2)o1)c1cc(Cl)c(Br)s1. The number of hydrogen-bond donors (Lipinski definition) is 1. The van der Waals surface area contributed by atoms with Crippen molar-refractivity contribution in [1.29, 1.82) is 0 Å². The van der Waals surface area contributed by atoms with Gasteiger partial charge in [-0.1, -0.05) is 16.7 Å². The molecule has 2 heterocycles. The maximum absolute atomic E-state index is 12.1. The van der Waals surface area contributed by atoms with E-state index in [2.05, 4.69) is 30.8 Å². The van der Waals surface area contributed by atoms with Gasteiger partial charge in [0.1, 0.15) is 4.21 Å². The van der Waals surface area contributed by atoms with E-state index in [-0.39, 0.29) is 16.1 Å². The van der Waals surface area contributed by atoms with Gasteiger partial charge in [-0.3, -0.25) is 0 Å². The molecule has 6 nitrogen and oxygen atoms in total. The van der Waals surface area contributed by atoms with Crippen LogP contribution in [0.5, 0.6) is 0 Å². The lowest BCUT2D eigenvalue weighted by atomic mass is 10.4. The predicted molar refractivity (Wildman–Crippen MR) is 74.1 cm³/mol. The van der Waals surface area contributed by atoms with Gasteiger partial charge >= 0.3 is 6.01 Å². The molecule has 0 saturated heterocycles. The molecule has 0 spiro atoms. The molecule has 0 aliphatic heterocycles. The zero-order valence-electron chi connectivity index (χ0n) is 9.26. The van der Waals surface area contributed by atoms with E-state index in [1.54, 1.807) is 0 Å². The predicted octanol–water partition coefficient (Wildman–Crippen LogP) is 3.23. The van der Waals surface area contributed by atoms with Gasteiger partial charge in [0, 0.05) is 5.92 Å². The summed E-state index contributed by atoms with van der Waals surface area (Å²) in [6.45, 7) is 0. The lowest BCUT2D eigenvalue weighted by Gasteiger charge is -1.99. The highest BCUT2D eigenvalue weighted by Crippen LogP contribution is 2.40. The first-order valence-electron chi connectivity index (χ1n) is 5.27. The van der Waals surface area contributed by atoms with Gasteiger partial charge in [-0.15, -0.1) is 16.4 Å². The van der Waals surface area contributed by atoms with E-state index < -0.39 is 10.0 Å². The second-order valence-corrected chi connectivity index (χ2v) is 8.70. The largest absolute Gasteiger partial charge is 0.407 e. The third-order valence-electron chi connectivity index (χ3n) is 2.48. The second-order valence-electron chi connectivity index (χ2n) is 4.01. The average molecular weight is 385 g/mol. The van der Waals surface area contributed by atoms with Crippen LogP contribution in [0.2, 0.25) is 5.02 Å². The molecule has 1 aliphatic carbocycles. The zero-order valence-corrected chi connectivity index (χ0v) is 13.2. The molecule has 0 bridgehead atoms. The van der Waals surface area contributed by atoms with Gasteiger partial charge in [-0.05, 0) is 34.8 Å². The lowest BCUT2D eigenvalue weighted by Crippen LogP contribution is -2.11. The van der Waals surface area contributed by atoms with Crippen LogP contribution in [0.3, 0.4) is 0 Å². The van der Waals surface area contributed by atoms with Crippen molar-refractivity contribution in [3.05, 3.63) is 20.8 Å². The standard InChI is InChI=1S/C9H7BrClN3O3S2/c10-7-5(11)3-6(18-7)19(15,16)14-9-13-12-8(17-9)4-1-2-4/h3-4H,1-2H2,(H,13,14). The maximum Gasteiger partial charge on any atom is 0.329 e. The van der Waals surface area contributed by atoms with Gasteiger partial charge in [-0.2, -0.15) is 0 Å². The zero-order chi connectivity index (χ0) is 13.6. The second kappa shape index (κ2) is 4.72. The molecule has 1 N–H and O–H groups in total. The normalized spacial score (nSPS) is 15.7. The van der Waals surface area contributed by atoms with Crippen LogP contribution in [0.1, 0.15) is 24.7 Å². The minimum Gasteiger partial charge on any atom is -0.407 e. The highest BCUT2D eigenvalue weighted by Gasteiger charge is 2.30. The van der Waals surface area contributed by atoms with Crippen molar-refractivity contribution >= 4 is 54.9 Å². The Balaban J connectivity index is 1.83. The molecule has 0 aromatic carbocycles. The summed E-state index contributed by atoms with van der Waals surface area (Å²) in [5.74, 6) is 0.749. The van der Waals surface area contributed by atoms with Gasteiger partial charge in [0.15, 0.2) is 0 Å². The third kappa shape index (κ3) is 2.78. The van der Waals surface area contributed by atoms with E-state index in [1.807, 2.05) is 0 Å². The average Bonchev–Trinajstić information content (AvgIpc) is 3.00. The number of anilines is 1. The van der Waals surface area contributed by atoms with Gasteiger partial charge in [0.05, 0.1) is 8.81 Å². The van der Waals surface area contributed by atoms with E-state index in [1.165, 1.54) is 6.07 Å². The molecule has 1 saturated carbocycles. The smallest absolute Gasteiger partial charge is 0.329 e. The summed E-state index contributed by atoms with van der Waals surface area (Å²) < 4.78 is 32.2. The van der Waals surface area contributed by atoms with Crippen LogP contribution in [0.15, 0.2) is 18.5 Å². The first-order valence-corrected chi connectivity index (χ1v) is 8.74. The Kier molecular flexibility index (Phi) is 3.32. The highest BCUT2D eigenvalue weighted by molar-refractivity contribution is 9.11.